The van der Waals surface area contributed by atoms with Gasteiger partial charge in [0, 0.05) is 19.1 Å². The molecule has 0 aromatic rings. The van der Waals surface area contributed by atoms with Gasteiger partial charge in [0.1, 0.15) is 0 Å². The molecule has 4 nitrogen and oxygen atoms in total. The van der Waals surface area contributed by atoms with Crippen LogP contribution in [0.3, 0.4) is 0 Å². The number of rotatable bonds is 6. The van der Waals surface area contributed by atoms with Gasteiger partial charge >= 0.3 is 0 Å². The highest BCUT2D eigenvalue weighted by molar-refractivity contribution is 4.82. The Hall–Kier alpha value is -0.160. The monoisotopic (exact) mass is 270 g/mol. The second-order valence-corrected chi connectivity index (χ2v) is 6.44. The molecular weight excluding hydrogens is 240 g/mol. The molecule has 0 radical (unpaired) electrons. The summed E-state index contributed by atoms with van der Waals surface area (Å²) in [5.74, 6) is 0.654. The van der Waals surface area contributed by atoms with Crippen LogP contribution in [0.2, 0.25) is 0 Å². The molecule has 0 amide bonds. The van der Waals surface area contributed by atoms with Crippen molar-refractivity contribution in [2.75, 3.05) is 33.3 Å². The van der Waals surface area contributed by atoms with Crippen LogP contribution in [0.5, 0.6) is 0 Å². The number of nitrogens with zero attached hydrogens (tertiary/aromatic N) is 1. The van der Waals surface area contributed by atoms with Crippen molar-refractivity contribution in [1.29, 1.82) is 0 Å². The normalized spacial score (nSPS) is 31.7. The van der Waals surface area contributed by atoms with Gasteiger partial charge in [0.05, 0.1) is 18.8 Å². The number of aliphatic hydroxyl groups is 1. The lowest BCUT2D eigenvalue weighted by atomic mass is 9.94. The molecule has 2 aliphatic rings. The summed E-state index contributed by atoms with van der Waals surface area (Å²) < 4.78 is 5.75. The fourth-order valence-corrected chi connectivity index (χ4v) is 3.31. The molecule has 0 aromatic carbocycles. The van der Waals surface area contributed by atoms with Crippen molar-refractivity contribution in [3.8, 4) is 0 Å². The van der Waals surface area contributed by atoms with E-state index in [-0.39, 0.29) is 6.10 Å². The molecular formula is C15H30N2O2. The fraction of sp³-hybridized carbons (Fsp3) is 1.00. The number of hydrogen-bond acceptors (Lipinski definition) is 4. The zero-order chi connectivity index (χ0) is 13.7. The van der Waals surface area contributed by atoms with Gasteiger partial charge in [-0.2, -0.15) is 0 Å². The van der Waals surface area contributed by atoms with Crippen LogP contribution in [0.4, 0.5) is 0 Å². The highest BCUT2D eigenvalue weighted by Crippen LogP contribution is 2.21. The minimum absolute atomic E-state index is 0.368. The Morgan fingerprint density at radius 1 is 1.32 bits per heavy atom. The van der Waals surface area contributed by atoms with Gasteiger partial charge < -0.3 is 20.1 Å². The molecule has 3 atom stereocenters. The van der Waals surface area contributed by atoms with Crippen molar-refractivity contribution in [3.63, 3.8) is 0 Å². The van der Waals surface area contributed by atoms with Crippen molar-refractivity contribution in [3.05, 3.63) is 0 Å². The van der Waals surface area contributed by atoms with Gasteiger partial charge in [-0.15, -0.1) is 0 Å². The molecule has 19 heavy (non-hydrogen) atoms. The van der Waals surface area contributed by atoms with E-state index in [0.29, 0.717) is 31.2 Å². The molecule has 2 N–H and O–H groups in total. The third-order valence-corrected chi connectivity index (χ3v) is 4.55. The van der Waals surface area contributed by atoms with Crippen LogP contribution in [0.25, 0.3) is 0 Å². The van der Waals surface area contributed by atoms with Gasteiger partial charge in [0.2, 0.25) is 0 Å². The zero-order valence-electron chi connectivity index (χ0n) is 12.5. The quantitative estimate of drug-likeness (QED) is 0.762. The van der Waals surface area contributed by atoms with E-state index in [2.05, 4.69) is 24.2 Å². The Bertz CT molecular complexity index is 257. The molecule has 4 heteroatoms. The summed E-state index contributed by atoms with van der Waals surface area (Å²) in [6.07, 6.45) is 6.12. The first kappa shape index (κ1) is 15.2. The minimum atomic E-state index is -0.368. The van der Waals surface area contributed by atoms with E-state index in [0.717, 1.165) is 13.1 Å². The molecule has 1 saturated carbocycles. The van der Waals surface area contributed by atoms with Crippen molar-refractivity contribution >= 4 is 0 Å². The predicted octanol–water partition coefficient (Wildman–Crippen LogP) is 1.24. The first-order chi connectivity index (χ1) is 9.15. The SMILES string of the molecule is CC1CN(C)CCC1NCC(O)COC1CCCC1. The summed E-state index contributed by atoms with van der Waals surface area (Å²) in [5, 5.41) is 13.5. The van der Waals surface area contributed by atoms with Crippen molar-refractivity contribution in [1.82, 2.24) is 10.2 Å². The predicted molar refractivity (Wildman–Crippen MR) is 77.3 cm³/mol. The molecule has 2 fully saturated rings. The second-order valence-electron chi connectivity index (χ2n) is 6.44. The Morgan fingerprint density at radius 2 is 2.05 bits per heavy atom. The van der Waals surface area contributed by atoms with E-state index < -0.39 is 0 Å². The fourth-order valence-electron chi connectivity index (χ4n) is 3.31. The maximum absolute atomic E-state index is 9.98. The lowest BCUT2D eigenvalue weighted by molar-refractivity contribution is -0.00763. The smallest absolute Gasteiger partial charge is 0.0897 e. The summed E-state index contributed by atoms with van der Waals surface area (Å²) in [6, 6.07) is 0.539. The highest BCUT2D eigenvalue weighted by atomic mass is 16.5. The number of aliphatic hydroxyl groups excluding tert-OH is 1. The molecule has 1 saturated heterocycles. The molecule has 112 valence electrons. The summed E-state index contributed by atoms with van der Waals surface area (Å²) >= 11 is 0. The summed E-state index contributed by atoms with van der Waals surface area (Å²) in [5.41, 5.74) is 0. The standard InChI is InChI=1S/C15H30N2O2/c1-12-10-17(2)8-7-15(12)16-9-13(18)11-19-14-5-3-4-6-14/h12-16,18H,3-11H2,1-2H3. The van der Waals surface area contributed by atoms with Crippen LogP contribution >= 0.6 is 0 Å². The van der Waals surface area contributed by atoms with Gasteiger partial charge in [0.15, 0.2) is 0 Å². The summed E-state index contributed by atoms with van der Waals surface area (Å²) in [7, 11) is 2.18. The van der Waals surface area contributed by atoms with Crippen molar-refractivity contribution in [2.24, 2.45) is 5.92 Å². The number of piperidine rings is 1. The van der Waals surface area contributed by atoms with Gasteiger partial charge in [-0.3, -0.25) is 0 Å². The van der Waals surface area contributed by atoms with Crippen LogP contribution in [0.1, 0.15) is 39.0 Å². The molecule has 0 spiro atoms. The van der Waals surface area contributed by atoms with Crippen molar-refractivity contribution in [2.45, 2.75) is 57.3 Å². The van der Waals surface area contributed by atoms with E-state index in [4.69, 9.17) is 4.74 Å². The van der Waals surface area contributed by atoms with Crippen LogP contribution in [-0.4, -0.2) is 61.5 Å². The third kappa shape index (κ3) is 5.03. The Balaban J connectivity index is 1.58. The van der Waals surface area contributed by atoms with Gasteiger partial charge in [-0.25, -0.2) is 0 Å². The van der Waals surface area contributed by atoms with E-state index in [1.807, 2.05) is 0 Å². The molecule has 1 heterocycles. The number of nitrogens with one attached hydrogen (secondary N) is 1. The Labute approximate surface area is 117 Å². The van der Waals surface area contributed by atoms with Crippen LogP contribution in [0.15, 0.2) is 0 Å². The molecule has 0 aromatic heterocycles. The van der Waals surface area contributed by atoms with Crippen LogP contribution in [0, 0.1) is 5.92 Å². The van der Waals surface area contributed by atoms with Crippen LogP contribution < -0.4 is 5.32 Å². The topological polar surface area (TPSA) is 44.7 Å². The highest BCUT2D eigenvalue weighted by Gasteiger charge is 2.24. The van der Waals surface area contributed by atoms with Crippen molar-refractivity contribution < 1.29 is 9.84 Å². The Kier molecular flexibility index (Phi) is 6.07. The van der Waals surface area contributed by atoms with Gasteiger partial charge in [0.25, 0.3) is 0 Å². The van der Waals surface area contributed by atoms with E-state index >= 15 is 0 Å². The first-order valence-electron chi connectivity index (χ1n) is 7.86. The van der Waals surface area contributed by atoms with Gasteiger partial charge in [-0.1, -0.05) is 19.8 Å². The zero-order valence-corrected chi connectivity index (χ0v) is 12.5. The number of hydrogen-bond donors (Lipinski definition) is 2. The average Bonchev–Trinajstić information content (AvgIpc) is 2.88. The van der Waals surface area contributed by atoms with Gasteiger partial charge in [-0.05, 0) is 38.8 Å². The van der Waals surface area contributed by atoms with E-state index in [1.165, 1.54) is 32.1 Å². The largest absolute Gasteiger partial charge is 0.389 e. The lowest BCUT2D eigenvalue weighted by Gasteiger charge is -2.35. The molecule has 2 rings (SSSR count). The van der Waals surface area contributed by atoms with E-state index in [9.17, 15) is 5.11 Å². The average molecular weight is 270 g/mol. The maximum Gasteiger partial charge on any atom is 0.0897 e. The molecule has 3 unspecified atom stereocenters. The van der Waals surface area contributed by atoms with E-state index in [1.54, 1.807) is 0 Å². The molecule has 1 aliphatic carbocycles. The third-order valence-electron chi connectivity index (χ3n) is 4.55. The lowest BCUT2D eigenvalue weighted by Crippen LogP contribution is -2.49. The van der Waals surface area contributed by atoms with Crippen LogP contribution in [-0.2, 0) is 4.74 Å². The Morgan fingerprint density at radius 3 is 2.74 bits per heavy atom. The number of ether oxygens (including phenoxy) is 1. The molecule has 1 aliphatic heterocycles. The number of likely N-dealkylation sites (tertiary alicyclic amines) is 1. The maximum atomic E-state index is 9.98. The summed E-state index contributed by atoms with van der Waals surface area (Å²) in [4.78, 5) is 2.38. The second kappa shape index (κ2) is 7.58. The first-order valence-corrected chi connectivity index (χ1v) is 7.86. The minimum Gasteiger partial charge on any atom is -0.389 e. The molecule has 0 bridgehead atoms. The summed E-state index contributed by atoms with van der Waals surface area (Å²) in [6.45, 7) is 5.72.